The van der Waals surface area contributed by atoms with Crippen molar-refractivity contribution in [1.82, 2.24) is 14.9 Å². The fraction of sp³-hybridized carbons (Fsp3) is 0.375. The van der Waals surface area contributed by atoms with Crippen LogP contribution in [0.15, 0.2) is 35.2 Å². The van der Waals surface area contributed by atoms with Crippen molar-refractivity contribution >= 4 is 33.3 Å². The number of sulfonamides is 1. The predicted molar refractivity (Wildman–Crippen MR) is 97.2 cm³/mol. The molecule has 7 nitrogen and oxygen atoms in total. The van der Waals surface area contributed by atoms with Crippen LogP contribution in [0.5, 0.6) is 0 Å². The molecule has 3 N–H and O–H groups in total. The van der Waals surface area contributed by atoms with Crippen molar-refractivity contribution in [3.63, 3.8) is 0 Å². The van der Waals surface area contributed by atoms with Crippen LogP contribution in [0, 0.1) is 0 Å². The van der Waals surface area contributed by atoms with E-state index in [1.165, 1.54) is 12.1 Å². The number of anilines is 1. The molecule has 0 aliphatic heterocycles. The van der Waals surface area contributed by atoms with Gasteiger partial charge in [0.25, 0.3) is 0 Å². The molecular formula is C16H21ClN4O3S. The van der Waals surface area contributed by atoms with Crippen LogP contribution < -0.4 is 10.0 Å². The van der Waals surface area contributed by atoms with E-state index >= 15 is 0 Å². The van der Waals surface area contributed by atoms with E-state index in [2.05, 4.69) is 20.2 Å². The summed E-state index contributed by atoms with van der Waals surface area (Å²) in [5, 5.41) is 9.86. The number of benzene rings is 1. The molecule has 0 unspecified atom stereocenters. The zero-order chi connectivity index (χ0) is 18.7. The van der Waals surface area contributed by atoms with Gasteiger partial charge in [0.1, 0.15) is 0 Å². The van der Waals surface area contributed by atoms with Gasteiger partial charge in [-0.15, -0.1) is 0 Å². The van der Waals surface area contributed by atoms with E-state index in [4.69, 9.17) is 11.6 Å². The largest absolute Gasteiger partial charge is 0.309 e. The highest BCUT2D eigenvalue weighted by Gasteiger charge is 2.18. The average molecular weight is 385 g/mol. The molecule has 9 heteroatoms. The van der Waals surface area contributed by atoms with Crippen molar-refractivity contribution in [2.75, 3.05) is 11.9 Å². The van der Waals surface area contributed by atoms with Crippen LogP contribution in [0.25, 0.3) is 0 Å². The second kappa shape index (κ2) is 7.55. The molecular weight excluding hydrogens is 364 g/mol. The Bertz CT molecular complexity index is 856. The number of hydrogen-bond acceptors (Lipinski definition) is 4. The van der Waals surface area contributed by atoms with Gasteiger partial charge < -0.3 is 5.32 Å². The normalized spacial score (nSPS) is 12.2. The SMILES string of the molecule is CC(C)(C)c1cc(NC(=O)CCNS(=O)(=O)c2cccc(Cl)c2)n[nH]1. The van der Waals surface area contributed by atoms with Gasteiger partial charge in [0, 0.05) is 35.2 Å². The van der Waals surface area contributed by atoms with Crippen molar-refractivity contribution in [3.8, 4) is 0 Å². The second-order valence-electron chi connectivity index (χ2n) is 6.57. The molecule has 2 rings (SSSR count). The minimum atomic E-state index is -3.70. The number of rotatable bonds is 6. The number of carbonyl (C=O) groups is 1. The Balaban J connectivity index is 1.87. The van der Waals surface area contributed by atoms with E-state index < -0.39 is 10.0 Å². The van der Waals surface area contributed by atoms with Gasteiger partial charge >= 0.3 is 0 Å². The van der Waals surface area contributed by atoms with Crippen molar-refractivity contribution in [2.45, 2.75) is 37.5 Å². The quantitative estimate of drug-likeness (QED) is 0.712. The van der Waals surface area contributed by atoms with Gasteiger partial charge in [-0.1, -0.05) is 38.4 Å². The van der Waals surface area contributed by atoms with Gasteiger partial charge in [-0.05, 0) is 18.2 Å². The van der Waals surface area contributed by atoms with Gasteiger partial charge in [0.2, 0.25) is 15.9 Å². The third kappa shape index (κ3) is 5.55. The minimum Gasteiger partial charge on any atom is -0.309 e. The van der Waals surface area contributed by atoms with E-state index in [1.807, 2.05) is 20.8 Å². The smallest absolute Gasteiger partial charge is 0.240 e. The summed E-state index contributed by atoms with van der Waals surface area (Å²) in [6.07, 6.45) is -0.0164. The van der Waals surface area contributed by atoms with Crippen LogP contribution in [-0.2, 0) is 20.2 Å². The maximum absolute atomic E-state index is 12.1. The fourth-order valence-corrected chi connectivity index (χ4v) is 3.32. The topological polar surface area (TPSA) is 104 Å². The summed E-state index contributed by atoms with van der Waals surface area (Å²) in [4.78, 5) is 12.0. The van der Waals surface area contributed by atoms with Crippen molar-refractivity contribution in [3.05, 3.63) is 41.0 Å². The molecule has 0 radical (unpaired) electrons. The van der Waals surface area contributed by atoms with Crippen LogP contribution in [0.4, 0.5) is 5.82 Å². The van der Waals surface area contributed by atoms with E-state index in [9.17, 15) is 13.2 Å². The Hall–Kier alpha value is -1.90. The Kier molecular flexibility index (Phi) is 5.87. The summed E-state index contributed by atoms with van der Waals surface area (Å²) in [7, 11) is -3.70. The third-order valence-corrected chi connectivity index (χ3v) is 5.10. The molecule has 0 saturated heterocycles. The highest BCUT2D eigenvalue weighted by Crippen LogP contribution is 2.22. The Morgan fingerprint density at radius 2 is 2.00 bits per heavy atom. The maximum atomic E-state index is 12.1. The molecule has 0 spiro atoms. The summed E-state index contributed by atoms with van der Waals surface area (Å²) in [6.45, 7) is 6.04. The van der Waals surface area contributed by atoms with Gasteiger partial charge in [-0.3, -0.25) is 9.89 Å². The predicted octanol–water partition coefficient (Wildman–Crippen LogP) is 2.67. The first-order valence-corrected chi connectivity index (χ1v) is 9.55. The molecule has 25 heavy (non-hydrogen) atoms. The van der Waals surface area contributed by atoms with E-state index in [1.54, 1.807) is 18.2 Å². The van der Waals surface area contributed by atoms with Crippen LogP contribution >= 0.6 is 11.6 Å². The first-order chi connectivity index (χ1) is 11.6. The zero-order valence-corrected chi connectivity index (χ0v) is 15.8. The summed E-state index contributed by atoms with van der Waals surface area (Å²) in [6, 6.07) is 7.68. The first-order valence-electron chi connectivity index (χ1n) is 7.69. The molecule has 136 valence electrons. The van der Waals surface area contributed by atoms with Gasteiger partial charge in [-0.25, -0.2) is 13.1 Å². The van der Waals surface area contributed by atoms with Crippen molar-refractivity contribution < 1.29 is 13.2 Å². The number of aromatic amines is 1. The lowest BCUT2D eigenvalue weighted by Gasteiger charge is -2.14. The fourth-order valence-electron chi connectivity index (χ4n) is 1.99. The molecule has 0 fully saturated rings. The van der Waals surface area contributed by atoms with E-state index in [0.717, 1.165) is 5.69 Å². The molecule has 1 heterocycles. The van der Waals surface area contributed by atoms with Crippen molar-refractivity contribution in [1.29, 1.82) is 0 Å². The number of halogens is 1. The number of nitrogens with one attached hydrogen (secondary N) is 3. The van der Waals surface area contributed by atoms with Crippen LogP contribution in [0.2, 0.25) is 5.02 Å². The standard InChI is InChI=1S/C16H21ClN4O3S/c1-16(2,3)13-10-14(21-20-13)19-15(22)7-8-18-25(23,24)12-6-4-5-11(17)9-12/h4-6,9-10,18H,7-8H2,1-3H3,(H2,19,20,21,22). The van der Waals surface area contributed by atoms with Gasteiger partial charge in [-0.2, -0.15) is 5.10 Å². The molecule has 1 aromatic carbocycles. The number of carbonyl (C=O) groups excluding carboxylic acids is 1. The molecule has 1 aromatic heterocycles. The minimum absolute atomic E-state index is 0.0164. The van der Waals surface area contributed by atoms with Crippen LogP contribution in [0.3, 0.4) is 0 Å². The Labute approximate surface area is 152 Å². The van der Waals surface area contributed by atoms with E-state index in [-0.39, 0.29) is 29.2 Å². The Morgan fingerprint density at radius 1 is 1.28 bits per heavy atom. The lowest BCUT2D eigenvalue weighted by molar-refractivity contribution is -0.116. The molecule has 1 amide bonds. The highest BCUT2D eigenvalue weighted by molar-refractivity contribution is 7.89. The maximum Gasteiger partial charge on any atom is 0.240 e. The summed E-state index contributed by atoms with van der Waals surface area (Å²) in [5.74, 6) is 0.0772. The highest BCUT2D eigenvalue weighted by atomic mass is 35.5. The molecule has 2 aromatic rings. The molecule has 0 atom stereocenters. The number of aromatic nitrogens is 2. The zero-order valence-electron chi connectivity index (χ0n) is 14.3. The summed E-state index contributed by atoms with van der Waals surface area (Å²) >= 11 is 5.79. The van der Waals surface area contributed by atoms with Crippen molar-refractivity contribution in [2.24, 2.45) is 0 Å². The molecule has 0 aliphatic rings. The summed E-state index contributed by atoms with van der Waals surface area (Å²) < 4.78 is 26.6. The van der Waals surface area contributed by atoms with Gasteiger partial charge in [0.05, 0.1) is 4.90 Å². The Morgan fingerprint density at radius 3 is 2.60 bits per heavy atom. The molecule has 0 aliphatic carbocycles. The lowest BCUT2D eigenvalue weighted by atomic mass is 9.92. The van der Waals surface area contributed by atoms with Crippen LogP contribution in [0.1, 0.15) is 32.9 Å². The number of hydrogen-bond donors (Lipinski definition) is 3. The number of H-pyrrole nitrogens is 1. The van der Waals surface area contributed by atoms with Gasteiger partial charge in [0.15, 0.2) is 5.82 Å². The van der Waals surface area contributed by atoms with E-state index in [0.29, 0.717) is 10.8 Å². The first kappa shape index (κ1) is 19.4. The average Bonchev–Trinajstić information content (AvgIpc) is 2.95. The number of nitrogens with zero attached hydrogens (tertiary/aromatic N) is 1. The lowest BCUT2D eigenvalue weighted by Crippen LogP contribution is -2.27. The third-order valence-electron chi connectivity index (χ3n) is 3.40. The summed E-state index contributed by atoms with van der Waals surface area (Å²) in [5.41, 5.74) is 0.784. The monoisotopic (exact) mass is 384 g/mol. The van der Waals surface area contributed by atoms with Crippen LogP contribution in [-0.4, -0.2) is 31.1 Å². The number of amides is 1. The second-order valence-corrected chi connectivity index (χ2v) is 8.77. The molecule has 0 saturated carbocycles. The molecule has 0 bridgehead atoms.